The summed E-state index contributed by atoms with van der Waals surface area (Å²) in [6.45, 7) is 4.15. The first-order valence-electron chi connectivity index (χ1n) is 13.4. The number of nitrogens with one attached hydrogen (secondary N) is 1. The normalized spacial score (nSPS) is 14.9. The SMILES string of the molecule is COc1ccc(CN(C(=O)CCCN(c2ccc(C)cc2)S(C)(=O)=O)C(C)C(=O)NC2CCCCC2)cc1. The molecule has 2 aromatic rings. The van der Waals surface area contributed by atoms with Crippen LogP contribution in [0.3, 0.4) is 0 Å². The monoisotopic (exact) mass is 543 g/mol. The number of hydrogen-bond acceptors (Lipinski definition) is 5. The highest BCUT2D eigenvalue weighted by molar-refractivity contribution is 7.92. The Hall–Kier alpha value is -3.07. The standard InChI is InChI=1S/C29H41N3O5S/c1-22-12-16-26(17-13-22)32(38(4,35)36)20-8-11-28(33)31(21-24-14-18-27(37-3)19-15-24)23(2)29(34)30-25-9-6-5-7-10-25/h12-19,23,25H,5-11,20-21H2,1-4H3,(H,30,34). The Morgan fingerprint density at radius 2 is 1.66 bits per heavy atom. The van der Waals surface area contributed by atoms with E-state index in [1.807, 2.05) is 43.3 Å². The van der Waals surface area contributed by atoms with Gasteiger partial charge in [0.05, 0.1) is 19.1 Å². The highest BCUT2D eigenvalue weighted by Crippen LogP contribution is 2.21. The van der Waals surface area contributed by atoms with Gasteiger partial charge in [-0.2, -0.15) is 0 Å². The predicted octanol–water partition coefficient (Wildman–Crippen LogP) is 4.42. The molecule has 0 heterocycles. The van der Waals surface area contributed by atoms with Gasteiger partial charge < -0.3 is 15.0 Å². The molecule has 1 saturated carbocycles. The molecule has 0 spiro atoms. The molecule has 38 heavy (non-hydrogen) atoms. The van der Waals surface area contributed by atoms with Gasteiger partial charge in [-0.05, 0) is 62.9 Å². The minimum Gasteiger partial charge on any atom is -0.497 e. The molecule has 208 valence electrons. The third-order valence-electron chi connectivity index (χ3n) is 7.10. The Balaban J connectivity index is 1.71. The van der Waals surface area contributed by atoms with Gasteiger partial charge in [0.25, 0.3) is 0 Å². The fraction of sp³-hybridized carbons (Fsp3) is 0.517. The van der Waals surface area contributed by atoms with Crippen LogP contribution in [0.25, 0.3) is 0 Å². The van der Waals surface area contributed by atoms with Crippen molar-refractivity contribution < 1.29 is 22.7 Å². The smallest absolute Gasteiger partial charge is 0.242 e. The van der Waals surface area contributed by atoms with Gasteiger partial charge in [0.1, 0.15) is 11.8 Å². The summed E-state index contributed by atoms with van der Waals surface area (Å²) < 4.78 is 31.5. The highest BCUT2D eigenvalue weighted by Gasteiger charge is 2.28. The van der Waals surface area contributed by atoms with Crippen LogP contribution >= 0.6 is 0 Å². The maximum absolute atomic E-state index is 13.5. The largest absolute Gasteiger partial charge is 0.497 e. The summed E-state index contributed by atoms with van der Waals surface area (Å²) >= 11 is 0. The minimum absolute atomic E-state index is 0.120. The zero-order chi connectivity index (χ0) is 27.7. The number of sulfonamides is 1. The third kappa shape index (κ3) is 8.48. The molecule has 0 bridgehead atoms. The van der Waals surface area contributed by atoms with Crippen molar-refractivity contribution in [3.8, 4) is 5.75 Å². The second-order valence-electron chi connectivity index (χ2n) is 10.2. The molecule has 1 aliphatic carbocycles. The predicted molar refractivity (Wildman–Crippen MR) is 151 cm³/mol. The molecule has 1 N–H and O–H groups in total. The number of nitrogens with zero attached hydrogens (tertiary/aromatic N) is 2. The van der Waals surface area contributed by atoms with Crippen LogP contribution < -0.4 is 14.4 Å². The summed E-state index contributed by atoms with van der Waals surface area (Å²) in [6.07, 6.45) is 6.94. The molecular weight excluding hydrogens is 502 g/mol. The summed E-state index contributed by atoms with van der Waals surface area (Å²) in [5.41, 5.74) is 2.49. The van der Waals surface area contributed by atoms with E-state index in [9.17, 15) is 18.0 Å². The van der Waals surface area contributed by atoms with E-state index in [0.717, 1.165) is 36.8 Å². The van der Waals surface area contributed by atoms with Gasteiger partial charge in [0, 0.05) is 25.6 Å². The molecule has 2 aromatic carbocycles. The molecule has 1 unspecified atom stereocenters. The van der Waals surface area contributed by atoms with Gasteiger partial charge in [-0.3, -0.25) is 13.9 Å². The van der Waals surface area contributed by atoms with E-state index in [2.05, 4.69) is 5.32 Å². The van der Waals surface area contributed by atoms with Gasteiger partial charge in [-0.1, -0.05) is 49.1 Å². The average Bonchev–Trinajstić information content (AvgIpc) is 2.90. The van der Waals surface area contributed by atoms with Crippen molar-refractivity contribution in [2.45, 2.75) is 77.4 Å². The van der Waals surface area contributed by atoms with Crippen molar-refractivity contribution in [3.63, 3.8) is 0 Å². The Kier molecular flexibility index (Phi) is 10.6. The lowest BCUT2D eigenvalue weighted by Gasteiger charge is -2.31. The Bertz CT molecular complexity index is 1160. The van der Waals surface area contributed by atoms with Crippen LogP contribution in [0.1, 0.15) is 63.0 Å². The third-order valence-corrected chi connectivity index (χ3v) is 8.30. The van der Waals surface area contributed by atoms with Crippen molar-refractivity contribution in [2.75, 3.05) is 24.2 Å². The number of methoxy groups -OCH3 is 1. The lowest BCUT2D eigenvalue weighted by molar-refractivity contribution is -0.141. The fourth-order valence-corrected chi connectivity index (χ4v) is 5.76. The lowest BCUT2D eigenvalue weighted by atomic mass is 9.95. The van der Waals surface area contributed by atoms with Gasteiger partial charge in [0.15, 0.2) is 0 Å². The first-order chi connectivity index (χ1) is 18.1. The number of carbonyl (C=O) groups excluding carboxylic acids is 2. The fourth-order valence-electron chi connectivity index (χ4n) is 4.79. The summed E-state index contributed by atoms with van der Waals surface area (Å²) in [7, 11) is -1.92. The first-order valence-corrected chi connectivity index (χ1v) is 15.2. The van der Waals surface area contributed by atoms with Crippen LogP contribution in [0.4, 0.5) is 5.69 Å². The van der Waals surface area contributed by atoms with Gasteiger partial charge in [-0.15, -0.1) is 0 Å². The summed E-state index contributed by atoms with van der Waals surface area (Å²) in [5.74, 6) is 0.368. The van der Waals surface area contributed by atoms with Crippen LogP contribution in [0.5, 0.6) is 5.75 Å². The number of hydrogen-bond donors (Lipinski definition) is 1. The van der Waals surface area contributed by atoms with Gasteiger partial charge in [-0.25, -0.2) is 8.42 Å². The van der Waals surface area contributed by atoms with Crippen molar-refractivity contribution in [1.29, 1.82) is 0 Å². The summed E-state index contributed by atoms with van der Waals surface area (Å²) in [5, 5.41) is 3.14. The van der Waals surface area contributed by atoms with Gasteiger partial charge >= 0.3 is 0 Å². The topological polar surface area (TPSA) is 96.0 Å². The number of anilines is 1. The Morgan fingerprint density at radius 3 is 2.24 bits per heavy atom. The van der Waals surface area contributed by atoms with Crippen LogP contribution in [0.15, 0.2) is 48.5 Å². The number of rotatable bonds is 12. The van der Waals surface area contributed by atoms with Gasteiger partial charge in [0.2, 0.25) is 21.8 Å². The van der Waals surface area contributed by atoms with Crippen LogP contribution in [-0.4, -0.2) is 57.1 Å². The Labute approximate surface area is 227 Å². The van der Waals surface area contributed by atoms with Crippen molar-refractivity contribution in [1.82, 2.24) is 10.2 Å². The number of ether oxygens (including phenoxy) is 1. The minimum atomic E-state index is -3.52. The lowest BCUT2D eigenvalue weighted by Crippen LogP contribution is -2.50. The molecule has 8 nitrogen and oxygen atoms in total. The van der Waals surface area contributed by atoms with E-state index in [0.29, 0.717) is 17.9 Å². The molecule has 1 fully saturated rings. The van der Waals surface area contributed by atoms with E-state index in [1.54, 1.807) is 31.1 Å². The number of carbonyl (C=O) groups is 2. The molecule has 0 aliphatic heterocycles. The van der Waals surface area contributed by atoms with E-state index < -0.39 is 16.1 Å². The molecule has 1 atom stereocenters. The molecule has 0 saturated heterocycles. The summed E-state index contributed by atoms with van der Waals surface area (Å²) in [4.78, 5) is 28.2. The van der Waals surface area contributed by atoms with Crippen molar-refractivity contribution in [2.24, 2.45) is 0 Å². The Morgan fingerprint density at radius 1 is 1.03 bits per heavy atom. The molecule has 2 amide bonds. The number of amides is 2. The van der Waals surface area contributed by atoms with Crippen molar-refractivity contribution in [3.05, 3.63) is 59.7 Å². The zero-order valence-corrected chi connectivity index (χ0v) is 23.8. The highest BCUT2D eigenvalue weighted by atomic mass is 32.2. The second-order valence-corrected chi connectivity index (χ2v) is 12.1. The van der Waals surface area contributed by atoms with Crippen LogP contribution in [0.2, 0.25) is 0 Å². The van der Waals surface area contributed by atoms with E-state index >= 15 is 0 Å². The zero-order valence-electron chi connectivity index (χ0n) is 23.0. The number of benzene rings is 2. The van der Waals surface area contributed by atoms with E-state index in [4.69, 9.17) is 4.74 Å². The van der Waals surface area contributed by atoms with Crippen LogP contribution in [-0.2, 0) is 26.2 Å². The molecule has 9 heteroatoms. The molecule has 1 aliphatic rings. The molecular formula is C29H41N3O5S. The van der Waals surface area contributed by atoms with E-state index in [1.165, 1.54) is 17.0 Å². The first kappa shape index (κ1) is 29.5. The van der Waals surface area contributed by atoms with Crippen molar-refractivity contribution >= 4 is 27.5 Å². The second kappa shape index (κ2) is 13.6. The average molecular weight is 544 g/mol. The maximum Gasteiger partial charge on any atom is 0.242 e. The van der Waals surface area contributed by atoms with E-state index in [-0.39, 0.29) is 37.4 Å². The number of aryl methyl sites for hydroxylation is 1. The quantitative estimate of drug-likeness (QED) is 0.428. The summed E-state index contributed by atoms with van der Waals surface area (Å²) in [6, 6.07) is 14.2. The maximum atomic E-state index is 13.5. The molecule has 0 radical (unpaired) electrons. The molecule has 3 rings (SSSR count). The van der Waals surface area contributed by atoms with Crippen LogP contribution in [0, 0.1) is 6.92 Å². The molecule has 0 aromatic heterocycles.